The van der Waals surface area contributed by atoms with Gasteiger partial charge in [0, 0.05) is 81.2 Å². The monoisotopic (exact) mass is 613 g/mol. The summed E-state index contributed by atoms with van der Waals surface area (Å²) >= 11 is 1.71. The SMILES string of the molecule is CS(=O)(=O)N1CCN(Cc2cc3nc(-c4cccc5[nH]ncc45)nc(N4CCN(CCCC(=O)NO)CC4)c3s2)CC1. The maximum absolute atomic E-state index is 11.9. The second kappa shape index (κ2) is 12.2. The van der Waals surface area contributed by atoms with Crippen molar-refractivity contribution in [3.8, 4) is 11.4 Å². The second-order valence-electron chi connectivity index (χ2n) is 10.8. The number of nitrogens with one attached hydrogen (secondary N) is 2. The average molecular weight is 614 g/mol. The lowest BCUT2D eigenvalue weighted by Crippen LogP contribution is -2.47. The first-order valence-electron chi connectivity index (χ1n) is 14.1. The fourth-order valence-corrected chi connectivity index (χ4v) is 7.66. The van der Waals surface area contributed by atoms with Crippen LogP contribution >= 0.6 is 11.3 Å². The van der Waals surface area contributed by atoms with Gasteiger partial charge in [-0.1, -0.05) is 12.1 Å². The number of fused-ring (bicyclic) bond motifs is 2. The van der Waals surface area contributed by atoms with E-state index in [9.17, 15) is 13.2 Å². The molecule has 5 heterocycles. The van der Waals surface area contributed by atoms with Crippen molar-refractivity contribution >= 4 is 54.2 Å². The number of anilines is 1. The highest BCUT2D eigenvalue weighted by Gasteiger charge is 2.26. The van der Waals surface area contributed by atoms with Crippen molar-refractivity contribution in [2.45, 2.75) is 19.4 Å². The van der Waals surface area contributed by atoms with Gasteiger partial charge in [0.2, 0.25) is 15.9 Å². The Morgan fingerprint density at radius 3 is 2.57 bits per heavy atom. The zero-order valence-corrected chi connectivity index (χ0v) is 25.1. The number of amides is 1. The van der Waals surface area contributed by atoms with Gasteiger partial charge >= 0.3 is 0 Å². The van der Waals surface area contributed by atoms with E-state index in [4.69, 9.17) is 15.2 Å². The van der Waals surface area contributed by atoms with Crippen LogP contribution in [0.1, 0.15) is 17.7 Å². The smallest absolute Gasteiger partial charge is 0.243 e. The molecule has 0 saturated carbocycles. The molecule has 6 rings (SSSR count). The molecule has 1 amide bonds. The molecule has 13 nitrogen and oxygen atoms in total. The summed E-state index contributed by atoms with van der Waals surface area (Å²) in [7, 11) is -3.17. The van der Waals surface area contributed by atoms with E-state index in [0.29, 0.717) is 44.8 Å². The molecule has 1 aromatic carbocycles. The Labute approximate surface area is 248 Å². The third-order valence-electron chi connectivity index (χ3n) is 7.98. The molecule has 2 aliphatic heterocycles. The summed E-state index contributed by atoms with van der Waals surface area (Å²) in [5.74, 6) is 1.23. The van der Waals surface area contributed by atoms with Gasteiger partial charge in [-0.25, -0.2) is 23.9 Å². The summed E-state index contributed by atoms with van der Waals surface area (Å²) in [6.07, 6.45) is 4.07. The lowest BCUT2D eigenvalue weighted by molar-refractivity contribution is -0.129. The molecular formula is C27H35N9O4S2. The highest BCUT2D eigenvalue weighted by atomic mass is 32.2. The minimum absolute atomic E-state index is 0.299. The molecule has 2 fully saturated rings. The molecule has 2 saturated heterocycles. The van der Waals surface area contributed by atoms with Gasteiger partial charge < -0.3 is 4.90 Å². The number of nitrogens with zero attached hydrogens (tertiary/aromatic N) is 7. The van der Waals surface area contributed by atoms with Crippen LogP contribution in [0.3, 0.4) is 0 Å². The fourth-order valence-electron chi connectivity index (χ4n) is 5.68. The number of sulfonamides is 1. The topological polar surface area (TPSA) is 151 Å². The highest BCUT2D eigenvalue weighted by Crippen LogP contribution is 2.36. The van der Waals surface area contributed by atoms with Crippen molar-refractivity contribution in [2.75, 3.05) is 70.1 Å². The second-order valence-corrected chi connectivity index (χ2v) is 14.0. The zero-order chi connectivity index (χ0) is 29.3. The van der Waals surface area contributed by atoms with Crippen molar-refractivity contribution in [3.63, 3.8) is 0 Å². The van der Waals surface area contributed by atoms with E-state index < -0.39 is 10.0 Å². The molecule has 3 N–H and O–H groups in total. The van der Waals surface area contributed by atoms with Crippen LogP contribution in [0.5, 0.6) is 0 Å². The van der Waals surface area contributed by atoms with Crippen LogP contribution in [-0.4, -0.2) is 119 Å². The van der Waals surface area contributed by atoms with Gasteiger partial charge in [-0.05, 0) is 25.1 Å². The fraction of sp³-hybridized carbons (Fsp3) is 0.481. The lowest BCUT2D eigenvalue weighted by atomic mass is 10.1. The summed E-state index contributed by atoms with van der Waals surface area (Å²) in [4.78, 5) is 29.7. The minimum atomic E-state index is -3.17. The summed E-state index contributed by atoms with van der Waals surface area (Å²) in [5.41, 5.74) is 4.46. The predicted octanol–water partition coefficient (Wildman–Crippen LogP) is 1.72. The van der Waals surface area contributed by atoms with Gasteiger partial charge in [0.1, 0.15) is 0 Å². The number of hydrogen-bond acceptors (Lipinski definition) is 11. The first-order valence-corrected chi connectivity index (χ1v) is 16.8. The molecule has 0 radical (unpaired) electrons. The van der Waals surface area contributed by atoms with Gasteiger partial charge in [-0.15, -0.1) is 11.3 Å². The normalized spacial score (nSPS) is 17.8. The summed E-state index contributed by atoms with van der Waals surface area (Å²) in [6.45, 7) is 7.21. The standard InChI is InChI=1S/C27H35N9O4S2/c1-42(39,40)36-14-10-34(11-15-36)18-19-16-23-25(41-19)27(35-12-8-33(9-13-35)7-3-6-24(37)32-38)30-26(29-23)20-4-2-5-22-21(20)17-28-31-22/h2,4-5,16-17,38H,3,6-15,18H2,1H3,(H,28,31)(H,32,37). The van der Waals surface area contributed by atoms with E-state index in [1.807, 2.05) is 24.4 Å². The molecule has 0 bridgehead atoms. The number of thiophene rings is 1. The Hall–Kier alpha value is -3.21. The molecular weight excluding hydrogens is 578 g/mol. The van der Waals surface area contributed by atoms with Gasteiger partial charge in [0.25, 0.3) is 0 Å². The number of aromatic nitrogens is 4. The van der Waals surface area contributed by atoms with Crippen LogP contribution in [0.15, 0.2) is 30.5 Å². The molecule has 0 atom stereocenters. The molecule has 2 aliphatic rings. The molecule has 0 spiro atoms. The summed E-state index contributed by atoms with van der Waals surface area (Å²) in [6, 6.07) is 8.14. The number of rotatable bonds is 9. The third-order valence-corrected chi connectivity index (χ3v) is 10.4. The van der Waals surface area contributed by atoms with Crippen LogP contribution in [-0.2, 0) is 21.4 Å². The third kappa shape index (κ3) is 6.26. The van der Waals surface area contributed by atoms with Crippen molar-refractivity contribution in [2.24, 2.45) is 0 Å². The molecule has 224 valence electrons. The molecule has 0 aliphatic carbocycles. The largest absolute Gasteiger partial charge is 0.353 e. The molecule has 3 aromatic heterocycles. The van der Waals surface area contributed by atoms with Crippen molar-refractivity contribution in [1.29, 1.82) is 0 Å². The predicted molar refractivity (Wildman–Crippen MR) is 162 cm³/mol. The molecule has 15 heteroatoms. The van der Waals surface area contributed by atoms with Gasteiger partial charge in [-0.3, -0.25) is 24.9 Å². The molecule has 42 heavy (non-hydrogen) atoms. The number of benzene rings is 1. The van der Waals surface area contributed by atoms with E-state index >= 15 is 0 Å². The minimum Gasteiger partial charge on any atom is -0.353 e. The molecule has 4 aromatic rings. The average Bonchev–Trinajstić information content (AvgIpc) is 3.63. The van der Waals surface area contributed by atoms with Crippen LogP contribution < -0.4 is 10.4 Å². The van der Waals surface area contributed by atoms with Gasteiger partial charge in [-0.2, -0.15) is 9.40 Å². The highest BCUT2D eigenvalue weighted by molar-refractivity contribution is 7.88. The summed E-state index contributed by atoms with van der Waals surface area (Å²) in [5, 5.41) is 17.0. The van der Waals surface area contributed by atoms with Crippen molar-refractivity contribution in [1.82, 2.24) is 39.8 Å². The van der Waals surface area contributed by atoms with Gasteiger partial charge in [0.15, 0.2) is 11.6 Å². The Morgan fingerprint density at radius 2 is 1.83 bits per heavy atom. The maximum Gasteiger partial charge on any atom is 0.243 e. The van der Waals surface area contributed by atoms with Crippen LogP contribution in [0.2, 0.25) is 0 Å². The maximum atomic E-state index is 11.9. The van der Waals surface area contributed by atoms with E-state index in [1.54, 1.807) is 21.1 Å². The van der Waals surface area contributed by atoms with Crippen molar-refractivity contribution < 1.29 is 18.4 Å². The quantitative estimate of drug-likeness (QED) is 0.188. The number of carbonyl (C=O) groups excluding carboxylic acids is 1. The Bertz CT molecular complexity index is 1670. The number of piperazine rings is 2. The van der Waals surface area contributed by atoms with E-state index in [-0.39, 0.29) is 5.91 Å². The lowest BCUT2D eigenvalue weighted by Gasteiger charge is -2.35. The molecule has 0 unspecified atom stereocenters. The number of hydroxylamine groups is 1. The Morgan fingerprint density at radius 1 is 1.07 bits per heavy atom. The summed E-state index contributed by atoms with van der Waals surface area (Å²) < 4.78 is 26.5. The first kappa shape index (κ1) is 28.9. The van der Waals surface area contributed by atoms with Crippen LogP contribution in [0.25, 0.3) is 32.5 Å². The number of hydrogen-bond donors (Lipinski definition) is 3. The van der Waals surface area contributed by atoms with E-state index in [2.05, 4.69) is 31.0 Å². The zero-order valence-electron chi connectivity index (χ0n) is 23.5. The number of carbonyl (C=O) groups is 1. The number of aromatic amines is 1. The van der Waals surface area contributed by atoms with E-state index in [0.717, 1.165) is 71.8 Å². The van der Waals surface area contributed by atoms with Crippen LogP contribution in [0, 0.1) is 0 Å². The number of H-pyrrole nitrogens is 1. The van der Waals surface area contributed by atoms with Crippen LogP contribution in [0.4, 0.5) is 5.82 Å². The van der Waals surface area contributed by atoms with Crippen molar-refractivity contribution in [3.05, 3.63) is 35.3 Å². The first-order chi connectivity index (χ1) is 20.3. The Kier molecular flexibility index (Phi) is 8.38. The van der Waals surface area contributed by atoms with E-state index in [1.165, 1.54) is 11.1 Å². The van der Waals surface area contributed by atoms with Gasteiger partial charge in [0.05, 0.1) is 28.2 Å². The Balaban J connectivity index is 1.26.